The molecule has 0 saturated heterocycles. The second-order valence-corrected chi connectivity index (χ2v) is 8.96. The molecule has 1 saturated carbocycles. The third-order valence-electron chi connectivity index (χ3n) is 5.51. The molecule has 4 rings (SSSR count). The van der Waals surface area contributed by atoms with Gasteiger partial charge in [-0.1, -0.05) is 6.92 Å². The zero-order chi connectivity index (χ0) is 19.0. The van der Waals surface area contributed by atoms with Crippen LogP contribution < -0.4 is 5.63 Å². The Bertz CT molecular complexity index is 976. The molecule has 1 fully saturated rings. The molecule has 3 aromatic rings. The van der Waals surface area contributed by atoms with Crippen molar-refractivity contribution in [3.05, 3.63) is 73.9 Å². The lowest BCUT2D eigenvalue weighted by atomic mass is 9.93. The van der Waals surface area contributed by atoms with Crippen molar-refractivity contribution in [2.24, 2.45) is 5.41 Å². The maximum atomic E-state index is 12.7. The van der Waals surface area contributed by atoms with Crippen LogP contribution in [-0.4, -0.2) is 5.11 Å². The summed E-state index contributed by atoms with van der Waals surface area (Å²) in [6.45, 7) is 4.06. The first-order chi connectivity index (χ1) is 13.0. The highest BCUT2D eigenvalue weighted by Crippen LogP contribution is 2.51. The van der Waals surface area contributed by atoms with Gasteiger partial charge >= 0.3 is 5.63 Å². The van der Waals surface area contributed by atoms with Gasteiger partial charge in [-0.05, 0) is 55.9 Å². The van der Waals surface area contributed by atoms with Gasteiger partial charge in [0.2, 0.25) is 0 Å². The predicted molar refractivity (Wildman–Crippen MR) is 106 cm³/mol. The average Bonchev–Trinajstić information content (AvgIpc) is 2.99. The standard InChI is InChI=1S/C22H24O4S/c1-3-17(19-7-6-14(2)27-19)20-18(23)11-16(26-21(20)24)13-22(8-9-22)12-15-5-4-10-25-15/h4-7,10-11,17,23H,3,8-9,12-13H2,1-2H3. The van der Waals surface area contributed by atoms with E-state index < -0.39 is 5.63 Å². The van der Waals surface area contributed by atoms with Crippen molar-refractivity contribution >= 4 is 11.3 Å². The summed E-state index contributed by atoms with van der Waals surface area (Å²) in [6, 6.07) is 9.59. The van der Waals surface area contributed by atoms with Gasteiger partial charge in [-0.25, -0.2) is 4.79 Å². The SMILES string of the molecule is CCC(c1ccc(C)s1)c1c(O)cc(CC2(Cc3ccco3)CC2)oc1=O. The number of furan rings is 1. The molecule has 1 N–H and O–H groups in total. The van der Waals surface area contributed by atoms with Gasteiger partial charge < -0.3 is 13.9 Å². The second-order valence-electron chi connectivity index (χ2n) is 7.64. The highest BCUT2D eigenvalue weighted by atomic mass is 32.1. The minimum atomic E-state index is -0.420. The zero-order valence-corrected chi connectivity index (χ0v) is 16.5. The van der Waals surface area contributed by atoms with E-state index in [4.69, 9.17) is 8.83 Å². The molecular weight excluding hydrogens is 360 g/mol. The summed E-state index contributed by atoms with van der Waals surface area (Å²) in [5.41, 5.74) is 0.0345. The first-order valence-electron chi connectivity index (χ1n) is 9.44. The third kappa shape index (κ3) is 3.74. The average molecular weight is 384 g/mol. The van der Waals surface area contributed by atoms with Gasteiger partial charge in [0.25, 0.3) is 0 Å². The van der Waals surface area contributed by atoms with Crippen LogP contribution in [0.5, 0.6) is 5.75 Å². The van der Waals surface area contributed by atoms with Crippen LogP contribution in [0.15, 0.2) is 50.2 Å². The quantitative estimate of drug-likeness (QED) is 0.591. The molecular formula is C22H24O4S. The van der Waals surface area contributed by atoms with Gasteiger partial charge in [0.15, 0.2) is 0 Å². The second kappa shape index (κ2) is 7.04. The normalized spacial score (nSPS) is 16.4. The van der Waals surface area contributed by atoms with Gasteiger partial charge in [-0.2, -0.15) is 0 Å². The summed E-state index contributed by atoms with van der Waals surface area (Å²) in [6.07, 6.45) is 6.05. The fourth-order valence-corrected chi connectivity index (χ4v) is 4.95. The Balaban J connectivity index is 1.59. The van der Waals surface area contributed by atoms with Gasteiger partial charge in [-0.15, -0.1) is 11.3 Å². The lowest BCUT2D eigenvalue weighted by molar-refractivity contribution is 0.358. The maximum absolute atomic E-state index is 12.7. The van der Waals surface area contributed by atoms with Crippen LogP contribution in [0, 0.1) is 12.3 Å². The molecule has 1 aliphatic carbocycles. The zero-order valence-electron chi connectivity index (χ0n) is 15.7. The number of aryl methyl sites for hydroxylation is 1. The lowest BCUT2D eigenvalue weighted by Crippen LogP contribution is -2.16. The molecule has 142 valence electrons. The van der Waals surface area contributed by atoms with Crippen LogP contribution in [0.1, 0.15) is 58.9 Å². The van der Waals surface area contributed by atoms with Gasteiger partial charge in [0.05, 0.1) is 11.8 Å². The summed E-state index contributed by atoms with van der Waals surface area (Å²) >= 11 is 1.66. The van der Waals surface area contributed by atoms with Crippen molar-refractivity contribution in [3.8, 4) is 5.75 Å². The van der Waals surface area contributed by atoms with E-state index in [0.717, 1.165) is 36.3 Å². The van der Waals surface area contributed by atoms with Crippen LogP contribution >= 0.6 is 11.3 Å². The van der Waals surface area contributed by atoms with Crippen molar-refractivity contribution in [1.29, 1.82) is 0 Å². The highest BCUT2D eigenvalue weighted by Gasteiger charge is 2.44. The molecule has 0 amide bonds. The molecule has 0 bridgehead atoms. The van der Waals surface area contributed by atoms with Gasteiger partial charge in [0.1, 0.15) is 17.3 Å². The summed E-state index contributed by atoms with van der Waals surface area (Å²) < 4.78 is 11.1. The number of hydrogen-bond acceptors (Lipinski definition) is 5. The molecule has 5 heteroatoms. The molecule has 4 nitrogen and oxygen atoms in total. The molecule has 27 heavy (non-hydrogen) atoms. The fraction of sp³-hybridized carbons (Fsp3) is 0.409. The molecule has 1 atom stereocenters. The summed E-state index contributed by atoms with van der Waals surface area (Å²) in [7, 11) is 0. The minimum Gasteiger partial charge on any atom is -0.507 e. The highest BCUT2D eigenvalue weighted by molar-refractivity contribution is 7.12. The van der Waals surface area contributed by atoms with E-state index in [1.54, 1.807) is 23.7 Å². The summed E-state index contributed by atoms with van der Waals surface area (Å²) in [5.74, 6) is 1.43. The molecule has 0 aliphatic heterocycles. The minimum absolute atomic E-state index is 0.0490. The number of rotatable bonds is 7. The Labute approximate surface area is 162 Å². The molecule has 0 spiro atoms. The molecule has 0 aromatic carbocycles. The summed E-state index contributed by atoms with van der Waals surface area (Å²) in [5, 5.41) is 10.6. The monoisotopic (exact) mass is 384 g/mol. The number of hydrogen-bond donors (Lipinski definition) is 1. The van der Waals surface area contributed by atoms with E-state index in [1.807, 2.05) is 38.1 Å². The van der Waals surface area contributed by atoms with Crippen LogP contribution in [0.25, 0.3) is 0 Å². The largest absolute Gasteiger partial charge is 0.507 e. The predicted octanol–water partition coefficient (Wildman–Crippen LogP) is 5.42. The maximum Gasteiger partial charge on any atom is 0.343 e. The smallest absolute Gasteiger partial charge is 0.343 e. The molecule has 3 aromatic heterocycles. The number of thiophene rings is 1. The topological polar surface area (TPSA) is 63.6 Å². The van der Waals surface area contributed by atoms with Gasteiger partial charge in [0, 0.05) is 34.6 Å². The molecule has 0 radical (unpaired) electrons. The molecule has 3 heterocycles. The van der Waals surface area contributed by atoms with E-state index in [-0.39, 0.29) is 17.1 Å². The van der Waals surface area contributed by atoms with Crippen molar-refractivity contribution in [1.82, 2.24) is 0 Å². The Morgan fingerprint density at radius 3 is 2.56 bits per heavy atom. The van der Waals surface area contributed by atoms with Crippen molar-refractivity contribution < 1.29 is 13.9 Å². The van der Waals surface area contributed by atoms with E-state index in [2.05, 4.69) is 0 Å². The van der Waals surface area contributed by atoms with E-state index >= 15 is 0 Å². The van der Waals surface area contributed by atoms with E-state index in [0.29, 0.717) is 17.7 Å². The van der Waals surface area contributed by atoms with Crippen molar-refractivity contribution in [2.45, 2.75) is 51.9 Å². The van der Waals surface area contributed by atoms with Crippen LogP contribution in [-0.2, 0) is 12.8 Å². The Morgan fingerprint density at radius 2 is 2.00 bits per heavy atom. The molecule has 1 unspecified atom stereocenters. The Morgan fingerprint density at radius 1 is 1.22 bits per heavy atom. The van der Waals surface area contributed by atoms with Crippen LogP contribution in [0.2, 0.25) is 0 Å². The lowest BCUT2D eigenvalue weighted by Gasteiger charge is -2.16. The van der Waals surface area contributed by atoms with Crippen LogP contribution in [0.3, 0.4) is 0 Å². The van der Waals surface area contributed by atoms with E-state index in [9.17, 15) is 9.90 Å². The Hall–Kier alpha value is -2.27. The van der Waals surface area contributed by atoms with Crippen molar-refractivity contribution in [3.63, 3.8) is 0 Å². The molecule has 1 aliphatic rings. The summed E-state index contributed by atoms with van der Waals surface area (Å²) in [4.78, 5) is 15.0. The van der Waals surface area contributed by atoms with E-state index in [1.165, 1.54) is 4.88 Å². The van der Waals surface area contributed by atoms with Crippen molar-refractivity contribution in [2.75, 3.05) is 0 Å². The first-order valence-corrected chi connectivity index (χ1v) is 10.3. The Kier molecular flexibility index (Phi) is 4.72. The van der Waals surface area contributed by atoms with Gasteiger partial charge in [-0.3, -0.25) is 0 Å². The van der Waals surface area contributed by atoms with Crippen LogP contribution in [0.4, 0.5) is 0 Å². The number of aromatic hydroxyl groups is 1. The third-order valence-corrected chi connectivity index (χ3v) is 6.63. The fourth-order valence-electron chi connectivity index (χ4n) is 3.88. The first kappa shape index (κ1) is 18.1.